The van der Waals surface area contributed by atoms with Gasteiger partial charge in [0, 0.05) is 25.2 Å². The van der Waals surface area contributed by atoms with E-state index in [4.69, 9.17) is 0 Å². The smallest absolute Gasteiger partial charge is 0.229 e. The van der Waals surface area contributed by atoms with E-state index in [9.17, 15) is 9.59 Å². The van der Waals surface area contributed by atoms with Crippen LogP contribution in [-0.4, -0.2) is 23.3 Å². The van der Waals surface area contributed by atoms with Crippen molar-refractivity contribution in [1.82, 2.24) is 4.90 Å². The number of rotatable bonds is 4. The Balaban J connectivity index is 1.42. The van der Waals surface area contributed by atoms with Gasteiger partial charge in [0.05, 0.1) is 5.92 Å². The molecule has 3 aromatic rings. The molecule has 0 spiro atoms. The lowest BCUT2D eigenvalue weighted by atomic mass is 10.1. The average molecular weight is 344 g/mol. The van der Waals surface area contributed by atoms with Crippen LogP contribution in [0, 0.1) is 5.92 Å². The second kappa shape index (κ2) is 7.00. The van der Waals surface area contributed by atoms with E-state index in [0.29, 0.717) is 13.1 Å². The monoisotopic (exact) mass is 344 g/mol. The third-order valence-electron chi connectivity index (χ3n) is 4.82. The molecule has 4 rings (SSSR count). The molecule has 0 aliphatic carbocycles. The number of benzene rings is 3. The number of hydrogen-bond acceptors (Lipinski definition) is 2. The number of nitrogens with one attached hydrogen (secondary N) is 1. The number of anilines is 1. The zero-order valence-electron chi connectivity index (χ0n) is 14.4. The number of carbonyl (C=O) groups is 2. The molecule has 26 heavy (non-hydrogen) atoms. The largest absolute Gasteiger partial charge is 0.338 e. The summed E-state index contributed by atoms with van der Waals surface area (Å²) >= 11 is 0. The third-order valence-corrected chi connectivity index (χ3v) is 4.82. The molecule has 2 amide bonds. The maximum atomic E-state index is 12.6. The van der Waals surface area contributed by atoms with Gasteiger partial charge in [-0.2, -0.15) is 0 Å². The van der Waals surface area contributed by atoms with Gasteiger partial charge in [0.25, 0.3) is 0 Å². The van der Waals surface area contributed by atoms with Crippen LogP contribution >= 0.6 is 0 Å². The first-order valence-electron chi connectivity index (χ1n) is 8.80. The number of nitrogens with zero attached hydrogens (tertiary/aromatic N) is 1. The Labute approximate surface area is 152 Å². The molecule has 0 radical (unpaired) electrons. The fraction of sp³-hybridized carbons (Fsp3) is 0.182. The van der Waals surface area contributed by atoms with Gasteiger partial charge in [0.1, 0.15) is 0 Å². The average Bonchev–Trinajstić information content (AvgIpc) is 3.03. The normalized spacial score (nSPS) is 16.8. The summed E-state index contributed by atoms with van der Waals surface area (Å²) in [5.74, 6) is -0.366. The van der Waals surface area contributed by atoms with Crippen molar-refractivity contribution in [2.24, 2.45) is 5.92 Å². The van der Waals surface area contributed by atoms with Gasteiger partial charge in [-0.1, -0.05) is 60.7 Å². The summed E-state index contributed by atoms with van der Waals surface area (Å²) in [6.45, 7) is 1.02. The molecule has 3 aromatic carbocycles. The molecule has 1 fully saturated rings. The number of hydrogen-bond donors (Lipinski definition) is 1. The standard InChI is InChI=1S/C22H20N2O2/c25-21-13-19(15-24(21)14-16-6-2-1-3-7-16)22(26)23-20-11-10-17-8-4-5-9-18(17)12-20/h1-12,19H,13-15H2,(H,23,26)/t19-/m1/s1. The molecule has 0 saturated carbocycles. The number of fused-ring (bicyclic) bond motifs is 1. The maximum absolute atomic E-state index is 12.6. The lowest BCUT2D eigenvalue weighted by Gasteiger charge is -2.16. The lowest BCUT2D eigenvalue weighted by Crippen LogP contribution is -2.28. The summed E-state index contributed by atoms with van der Waals surface area (Å²) in [6.07, 6.45) is 0.270. The molecule has 1 aliphatic heterocycles. The summed E-state index contributed by atoms with van der Waals surface area (Å²) in [6, 6.07) is 23.7. The van der Waals surface area contributed by atoms with Crippen LogP contribution in [0.4, 0.5) is 5.69 Å². The zero-order valence-corrected chi connectivity index (χ0v) is 14.4. The first-order valence-corrected chi connectivity index (χ1v) is 8.80. The summed E-state index contributed by atoms with van der Waals surface area (Å²) in [7, 11) is 0. The predicted octanol–water partition coefficient (Wildman–Crippen LogP) is 3.83. The van der Waals surface area contributed by atoms with E-state index in [1.165, 1.54) is 0 Å². The van der Waals surface area contributed by atoms with Gasteiger partial charge in [-0.15, -0.1) is 0 Å². The van der Waals surface area contributed by atoms with Gasteiger partial charge in [-0.05, 0) is 28.5 Å². The molecule has 4 heteroatoms. The Morgan fingerprint density at radius 2 is 1.69 bits per heavy atom. The number of likely N-dealkylation sites (tertiary alicyclic amines) is 1. The van der Waals surface area contributed by atoms with Crippen molar-refractivity contribution in [3.05, 3.63) is 78.4 Å². The molecule has 130 valence electrons. The van der Waals surface area contributed by atoms with Gasteiger partial charge >= 0.3 is 0 Å². The molecule has 0 aromatic heterocycles. The Morgan fingerprint density at radius 3 is 2.50 bits per heavy atom. The highest BCUT2D eigenvalue weighted by molar-refractivity contribution is 5.98. The summed E-state index contributed by atoms with van der Waals surface area (Å²) in [5, 5.41) is 5.18. The summed E-state index contributed by atoms with van der Waals surface area (Å²) < 4.78 is 0. The minimum absolute atomic E-state index is 0.0347. The minimum Gasteiger partial charge on any atom is -0.338 e. The van der Waals surface area contributed by atoms with E-state index in [-0.39, 0.29) is 24.2 Å². The summed E-state index contributed by atoms with van der Waals surface area (Å²) in [5.41, 5.74) is 1.85. The topological polar surface area (TPSA) is 49.4 Å². The second-order valence-corrected chi connectivity index (χ2v) is 6.71. The zero-order chi connectivity index (χ0) is 17.9. The molecule has 4 nitrogen and oxygen atoms in total. The molecule has 0 unspecified atom stereocenters. The van der Waals surface area contributed by atoms with Crippen molar-refractivity contribution in [1.29, 1.82) is 0 Å². The van der Waals surface area contributed by atoms with Crippen molar-refractivity contribution < 1.29 is 9.59 Å². The Morgan fingerprint density at radius 1 is 0.962 bits per heavy atom. The minimum atomic E-state index is -0.308. The van der Waals surface area contributed by atoms with Crippen molar-refractivity contribution in [3.63, 3.8) is 0 Å². The molecule has 1 aliphatic rings. The highest BCUT2D eigenvalue weighted by Gasteiger charge is 2.34. The Bertz CT molecular complexity index is 953. The van der Waals surface area contributed by atoms with Gasteiger partial charge in [0.15, 0.2) is 0 Å². The first kappa shape index (κ1) is 16.3. The SMILES string of the molecule is O=C(Nc1ccc2ccccc2c1)[C@@H]1CC(=O)N(Cc2ccccc2)C1. The van der Waals surface area contributed by atoms with Crippen LogP contribution in [0.5, 0.6) is 0 Å². The van der Waals surface area contributed by atoms with Crippen molar-refractivity contribution in [2.75, 3.05) is 11.9 Å². The van der Waals surface area contributed by atoms with Crippen LogP contribution in [-0.2, 0) is 16.1 Å². The van der Waals surface area contributed by atoms with E-state index < -0.39 is 0 Å². The van der Waals surface area contributed by atoms with Crippen LogP contribution in [0.3, 0.4) is 0 Å². The van der Waals surface area contributed by atoms with Crippen molar-refractivity contribution in [3.8, 4) is 0 Å². The van der Waals surface area contributed by atoms with E-state index in [0.717, 1.165) is 22.0 Å². The van der Waals surface area contributed by atoms with Crippen LogP contribution in [0.2, 0.25) is 0 Å². The van der Waals surface area contributed by atoms with Gasteiger partial charge in [-0.3, -0.25) is 9.59 Å². The van der Waals surface area contributed by atoms with Crippen molar-refractivity contribution >= 4 is 28.3 Å². The molecule has 1 saturated heterocycles. The Hall–Kier alpha value is -3.14. The number of carbonyl (C=O) groups excluding carboxylic acids is 2. The molecule has 1 atom stereocenters. The second-order valence-electron chi connectivity index (χ2n) is 6.71. The van der Waals surface area contributed by atoms with E-state index in [1.807, 2.05) is 72.8 Å². The molecular weight excluding hydrogens is 324 g/mol. The van der Waals surface area contributed by atoms with E-state index in [1.54, 1.807) is 4.90 Å². The summed E-state index contributed by atoms with van der Waals surface area (Å²) in [4.78, 5) is 26.6. The fourth-order valence-corrected chi connectivity index (χ4v) is 3.42. The quantitative estimate of drug-likeness (QED) is 0.782. The van der Waals surface area contributed by atoms with E-state index >= 15 is 0 Å². The van der Waals surface area contributed by atoms with Gasteiger partial charge < -0.3 is 10.2 Å². The third kappa shape index (κ3) is 3.45. The van der Waals surface area contributed by atoms with Crippen LogP contribution < -0.4 is 5.32 Å². The number of amides is 2. The van der Waals surface area contributed by atoms with Gasteiger partial charge in [-0.25, -0.2) is 0 Å². The molecule has 1 N–H and O–H groups in total. The van der Waals surface area contributed by atoms with Gasteiger partial charge in [0.2, 0.25) is 11.8 Å². The predicted molar refractivity (Wildman–Crippen MR) is 103 cm³/mol. The molecule has 1 heterocycles. The highest BCUT2D eigenvalue weighted by Crippen LogP contribution is 2.23. The fourth-order valence-electron chi connectivity index (χ4n) is 3.42. The van der Waals surface area contributed by atoms with Crippen LogP contribution in [0.15, 0.2) is 72.8 Å². The lowest BCUT2D eigenvalue weighted by molar-refractivity contribution is -0.128. The molecular formula is C22H20N2O2. The van der Waals surface area contributed by atoms with Crippen LogP contribution in [0.25, 0.3) is 10.8 Å². The highest BCUT2D eigenvalue weighted by atomic mass is 16.2. The molecule has 0 bridgehead atoms. The Kier molecular flexibility index (Phi) is 4.40. The van der Waals surface area contributed by atoms with E-state index in [2.05, 4.69) is 5.32 Å². The maximum Gasteiger partial charge on any atom is 0.229 e. The first-order chi connectivity index (χ1) is 12.7. The van der Waals surface area contributed by atoms with Crippen molar-refractivity contribution in [2.45, 2.75) is 13.0 Å². The van der Waals surface area contributed by atoms with Crippen LogP contribution in [0.1, 0.15) is 12.0 Å².